The van der Waals surface area contributed by atoms with Gasteiger partial charge in [-0.15, -0.1) is 0 Å². The van der Waals surface area contributed by atoms with Crippen LogP contribution in [0.15, 0.2) is 0 Å². The summed E-state index contributed by atoms with van der Waals surface area (Å²) in [6, 6.07) is 0. The molecular weight excluding hydrogens is 382 g/mol. The van der Waals surface area contributed by atoms with E-state index >= 15 is 0 Å². The summed E-state index contributed by atoms with van der Waals surface area (Å²) in [5.41, 5.74) is 0. The third kappa shape index (κ3) is 32.9. The number of hydrogen-bond donors (Lipinski definition) is 2. The summed E-state index contributed by atoms with van der Waals surface area (Å²) in [6.45, 7) is 4.19. The minimum atomic E-state index is -4.41. The number of rotatable bonds is 15. The van der Waals surface area contributed by atoms with Crippen LogP contribution in [0, 0.1) is 0 Å². The summed E-state index contributed by atoms with van der Waals surface area (Å²) in [4.78, 5) is 11.7. The number of quaternary nitrogens is 1. The Balaban J connectivity index is -0.000000771. The summed E-state index contributed by atoms with van der Waals surface area (Å²) in [7, 11) is 2.95. The van der Waals surface area contributed by atoms with Gasteiger partial charge in [-0.3, -0.25) is 8.98 Å². The van der Waals surface area contributed by atoms with Crippen molar-refractivity contribution in [3.05, 3.63) is 0 Å². The van der Waals surface area contributed by atoms with Crippen molar-refractivity contribution < 1.29 is 26.4 Å². The lowest BCUT2D eigenvalue weighted by Gasteiger charge is -2.23. The zero-order valence-electron chi connectivity index (χ0n) is 18.8. The Morgan fingerprint density at radius 1 is 0.929 bits per heavy atom. The van der Waals surface area contributed by atoms with Gasteiger partial charge >= 0.3 is 0 Å². The fraction of sp³-hybridized carbons (Fsp3) is 0.947. The van der Waals surface area contributed by atoms with E-state index in [0.717, 1.165) is 37.5 Å². The highest BCUT2D eigenvalue weighted by Gasteiger charge is 2.06. The highest BCUT2D eigenvalue weighted by Crippen LogP contribution is 2.10. The first-order chi connectivity index (χ1) is 12.5. The lowest BCUT2D eigenvalue weighted by Crippen LogP contribution is -2.37. The van der Waals surface area contributed by atoms with Gasteiger partial charge in [0.1, 0.15) is 0 Å². The molecule has 0 saturated carbocycles. The van der Waals surface area contributed by atoms with Crippen molar-refractivity contribution in [3.8, 4) is 0 Å². The van der Waals surface area contributed by atoms with E-state index in [0.29, 0.717) is 6.42 Å². The molecule has 172 valence electrons. The summed E-state index contributed by atoms with van der Waals surface area (Å²) >= 11 is 0. The molecule has 0 aliphatic carbocycles. The second kappa shape index (κ2) is 19.6. The van der Waals surface area contributed by atoms with Crippen molar-refractivity contribution in [1.82, 2.24) is 11.5 Å². The fourth-order valence-electron chi connectivity index (χ4n) is 2.47. The first kappa shape index (κ1) is 31.9. The topological polar surface area (TPSA) is 131 Å². The summed E-state index contributed by atoms with van der Waals surface area (Å²) in [5, 5.41) is 3.03. The van der Waals surface area contributed by atoms with Crippen molar-refractivity contribution in [2.24, 2.45) is 0 Å². The van der Waals surface area contributed by atoms with E-state index in [1.165, 1.54) is 51.4 Å². The van der Waals surface area contributed by atoms with E-state index in [1.807, 2.05) is 0 Å². The molecule has 0 fully saturated rings. The van der Waals surface area contributed by atoms with Crippen LogP contribution in [-0.2, 0) is 19.4 Å². The maximum atomic E-state index is 11.7. The van der Waals surface area contributed by atoms with Crippen molar-refractivity contribution in [3.63, 3.8) is 0 Å². The van der Waals surface area contributed by atoms with E-state index in [4.69, 9.17) is 0 Å². The maximum absolute atomic E-state index is 11.7. The van der Waals surface area contributed by atoms with Crippen LogP contribution in [-0.4, -0.2) is 64.7 Å². The van der Waals surface area contributed by atoms with Gasteiger partial charge in [-0.1, -0.05) is 58.3 Å². The molecule has 0 atom stereocenters. The minimum Gasteiger partial charge on any atom is -0.726 e. The van der Waals surface area contributed by atoms with Gasteiger partial charge in [-0.2, -0.15) is 0 Å². The number of unbranched alkanes of at least 4 members (excludes halogenated alkanes) is 8. The Kier molecular flexibility index (Phi) is 22.3. The normalized spacial score (nSPS) is 11.2. The molecule has 4 N–H and O–H groups in total. The molecule has 0 aliphatic rings. The predicted molar refractivity (Wildman–Crippen MR) is 114 cm³/mol. The van der Waals surface area contributed by atoms with Crippen LogP contribution in [0.3, 0.4) is 0 Å². The Labute approximate surface area is 173 Å². The van der Waals surface area contributed by atoms with E-state index < -0.39 is 10.4 Å². The van der Waals surface area contributed by atoms with E-state index in [-0.39, 0.29) is 12.1 Å². The van der Waals surface area contributed by atoms with Gasteiger partial charge in [0.25, 0.3) is 0 Å². The van der Waals surface area contributed by atoms with Crippen LogP contribution in [0.2, 0.25) is 0 Å². The Bertz CT molecular complexity index is 451. The first-order valence-electron chi connectivity index (χ1n) is 10.1. The Morgan fingerprint density at radius 3 is 1.75 bits per heavy atom. The van der Waals surface area contributed by atoms with Gasteiger partial charge in [0.05, 0.1) is 34.8 Å². The molecule has 0 aromatic carbocycles. The zero-order chi connectivity index (χ0) is 21.2. The molecular formula is C19H45N3O5S. The zero-order valence-corrected chi connectivity index (χ0v) is 19.6. The second-order valence-electron chi connectivity index (χ2n) is 7.87. The van der Waals surface area contributed by atoms with Crippen molar-refractivity contribution in [2.45, 2.75) is 77.6 Å². The predicted octanol–water partition coefficient (Wildman–Crippen LogP) is 3.37. The van der Waals surface area contributed by atoms with Crippen LogP contribution < -0.4 is 11.5 Å². The monoisotopic (exact) mass is 427 g/mol. The number of carbonyl (C=O) groups excluding carboxylic acids is 1. The summed E-state index contributed by atoms with van der Waals surface area (Å²) in [6.07, 6.45) is 13.5. The molecule has 9 heteroatoms. The summed E-state index contributed by atoms with van der Waals surface area (Å²) < 4.78 is 32.0. The van der Waals surface area contributed by atoms with Crippen LogP contribution in [0.4, 0.5) is 0 Å². The van der Waals surface area contributed by atoms with Crippen LogP contribution in [0.25, 0.3) is 0 Å². The van der Waals surface area contributed by atoms with Crippen molar-refractivity contribution in [2.75, 3.05) is 41.3 Å². The van der Waals surface area contributed by atoms with Gasteiger partial charge in [0.15, 0.2) is 0 Å². The molecule has 0 saturated heterocycles. The molecule has 0 aromatic rings. The minimum absolute atomic E-state index is 0. The summed E-state index contributed by atoms with van der Waals surface area (Å²) in [5.74, 6) is 0.236. The largest absolute Gasteiger partial charge is 0.726 e. The standard InChI is InChI=1S/C18H38N2O.CH4O4S.H3N/c1-5-6-7-8-9-10-11-12-13-15-18(21)19-16-14-17-20(2,3)4;1-5-6(2,3)4;/h5-17H2,1-4H3;1H3,(H,2,3,4);1H3. The van der Waals surface area contributed by atoms with E-state index in [1.54, 1.807) is 0 Å². The molecule has 8 nitrogen and oxygen atoms in total. The lowest BCUT2D eigenvalue weighted by atomic mass is 10.1. The van der Waals surface area contributed by atoms with E-state index in [2.05, 4.69) is 37.6 Å². The Hall–Kier alpha value is -0.740. The lowest BCUT2D eigenvalue weighted by molar-refractivity contribution is -0.870. The molecule has 0 heterocycles. The SMILES string of the molecule is CCCCCCCCCCCC(=O)NCCC[N+](C)(C)C.COS(=O)(=O)[O-].N. The highest BCUT2D eigenvalue weighted by molar-refractivity contribution is 7.80. The quantitative estimate of drug-likeness (QED) is 0.178. The van der Waals surface area contributed by atoms with Crippen LogP contribution in [0.5, 0.6) is 0 Å². The molecule has 0 aromatic heterocycles. The second-order valence-corrected chi connectivity index (χ2v) is 9.02. The smallest absolute Gasteiger partial charge is 0.219 e. The molecule has 1 amide bonds. The molecule has 0 bridgehead atoms. The average Bonchev–Trinajstić information content (AvgIpc) is 2.56. The average molecular weight is 428 g/mol. The molecule has 0 aliphatic heterocycles. The molecule has 28 heavy (non-hydrogen) atoms. The maximum Gasteiger partial charge on any atom is 0.219 e. The van der Waals surface area contributed by atoms with Crippen molar-refractivity contribution >= 4 is 16.3 Å². The third-order valence-electron chi connectivity index (χ3n) is 4.04. The first-order valence-corrected chi connectivity index (χ1v) is 11.4. The number of carbonyl (C=O) groups is 1. The molecule has 0 spiro atoms. The van der Waals surface area contributed by atoms with Gasteiger partial charge in [-0.25, -0.2) is 8.42 Å². The van der Waals surface area contributed by atoms with Gasteiger partial charge in [0, 0.05) is 19.4 Å². The number of hydrogen-bond acceptors (Lipinski definition) is 6. The van der Waals surface area contributed by atoms with Gasteiger partial charge < -0.3 is 20.5 Å². The fourth-order valence-corrected chi connectivity index (χ4v) is 2.47. The highest BCUT2D eigenvalue weighted by atomic mass is 32.3. The third-order valence-corrected chi connectivity index (χ3v) is 4.45. The van der Waals surface area contributed by atoms with Gasteiger partial charge in [0.2, 0.25) is 16.3 Å². The number of nitrogens with zero attached hydrogens (tertiary/aromatic N) is 1. The molecule has 0 radical (unpaired) electrons. The van der Waals surface area contributed by atoms with Crippen molar-refractivity contribution in [1.29, 1.82) is 0 Å². The molecule has 0 unspecified atom stereocenters. The van der Waals surface area contributed by atoms with Crippen LogP contribution >= 0.6 is 0 Å². The van der Waals surface area contributed by atoms with E-state index in [9.17, 15) is 17.8 Å². The van der Waals surface area contributed by atoms with Gasteiger partial charge in [-0.05, 0) is 6.42 Å². The number of amides is 1. The Morgan fingerprint density at radius 2 is 1.36 bits per heavy atom. The molecule has 0 rings (SSSR count). The van der Waals surface area contributed by atoms with Crippen LogP contribution in [0.1, 0.15) is 77.6 Å². The number of nitrogens with one attached hydrogen (secondary N) is 1.